The van der Waals surface area contributed by atoms with Crippen molar-refractivity contribution in [3.63, 3.8) is 0 Å². The number of rotatable bonds is 7. The van der Waals surface area contributed by atoms with Crippen molar-refractivity contribution in [1.82, 2.24) is 14.9 Å². The normalized spacial score (nSPS) is 14.5. The van der Waals surface area contributed by atoms with E-state index in [1.165, 1.54) is 44.8 Å². The number of piperidine rings is 1. The Hall–Kier alpha value is -3.59. The lowest BCUT2D eigenvalue weighted by molar-refractivity contribution is -0.111. The Bertz CT molecular complexity index is 1180. The predicted molar refractivity (Wildman–Crippen MR) is 124 cm³/mol. The van der Waals surface area contributed by atoms with Gasteiger partial charge < -0.3 is 15.4 Å². The molecule has 2 heterocycles. The summed E-state index contributed by atoms with van der Waals surface area (Å²) in [4.78, 5) is 23.3. The lowest BCUT2D eigenvalue weighted by atomic mass is 10.1. The minimum absolute atomic E-state index is 0.281. The molecule has 1 amide bonds. The van der Waals surface area contributed by atoms with Crippen LogP contribution in [0.2, 0.25) is 0 Å². The third-order valence-corrected chi connectivity index (χ3v) is 5.48. The first kappa shape index (κ1) is 22.6. The van der Waals surface area contributed by atoms with Crippen LogP contribution in [0.4, 0.5) is 26.0 Å². The SMILES string of the molecule is COc1cc2ncnc(Nc3ccc(F)c(F)c3)c2cc1NC(=O)C=CCN1CCCCC1. The highest BCUT2D eigenvalue weighted by molar-refractivity contribution is 6.03. The lowest BCUT2D eigenvalue weighted by Crippen LogP contribution is -2.29. The Labute approximate surface area is 190 Å². The highest BCUT2D eigenvalue weighted by atomic mass is 19.2. The molecule has 1 aliphatic rings. The van der Waals surface area contributed by atoms with E-state index in [0.29, 0.717) is 33.8 Å². The van der Waals surface area contributed by atoms with Gasteiger partial charge in [0.05, 0.1) is 18.3 Å². The molecule has 0 aliphatic carbocycles. The van der Waals surface area contributed by atoms with Crippen LogP contribution in [-0.2, 0) is 4.79 Å². The zero-order chi connectivity index (χ0) is 23.2. The van der Waals surface area contributed by atoms with Gasteiger partial charge >= 0.3 is 0 Å². The monoisotopic (exact) mass is 453 g/mol. The van der Waals surface area contributed by atoms with E-state index in [1.807, 2.05) is 6.08 Å². The second kappa shape index (κ2) is 10.4. The molecule has 1 saturated heterocycles. The molecule has 2 N–H and O–H groups in total. The van der Waals surface area contributed by atoms with E-state index in [9.17, 15) is 13.6 Å². The number of hydrogen-bond donors (Lipinski definition) is 2. The van der Waals surface area contributed by atoms with Crippen LogP contribution in [0.15, 0.2) is 48.8 Å². The Morgan fingerprint density at radius 3 is 2.70 bits per heavy atom. The fourth-order valence-corrected chi connectivity index (χ4v) is 3.79. The van der Waals surface area contributed by atoms with Gasteiger partial charge in [0.1, 0.15) is 17.9 Å². The number of likely N-dealkylation sites (tertiary alicyclic amines) is 1. The number of fused-ring (bicyclic) bond motifs is 1. The molecular formula is C24H25F2N5O2. The van der Waals surface area contributed by atoms with E-state index in [1.54, 1.807) is 12.1 Å². The van der Waals surface area contributed by atoms with Crippen LogP contribution in [0.3, 0.4) is 0 Å². The van der Waals surface area contributed by atoms with Gasteiger partial charge in [-0.25, -0.2) is 18.7 Å². The minimum Gasteiger partial charge on any atom is -0.494 e. The average Bonchev–Trinajstić information content (AvgIpc) is 2.82. The molecule has 0 saturated carbocycles. The third-order valence-electron chi connectivity index (χ3n) is 5.48. The summed E-state index contributed by atoms with van der Waals surface area (Å²) in [6.07, 6.45) is 8.37. The van der Waals surface area contributed by atoms with Crippen LogP contribution in [0.25, 0.3) is 10.9 Å². The maximum absolute atomic E-state index is 13.6. The van der Waals surface area contributed by atoms with E-state index >= 15 is 0 Å². The fraction of sp³-hybridized carbons (Fsp3) is 0.292. The number of ether oxygens (including phenoxy) is 1. The molecule has 4 rings (SSSR count). The second-order valence-corrected chi connectivity index (χ2v) is 7.80. The molecule has 0 unspecified atom stereocenters. The number of carbonyl (C=O) groups excluding carboxylic acids is 1. The van der Waals surface area contributed by atoms with Crippen molar-refractivity contribution in [1.29, 1.82) is 0 Å². The average molecular weight is 453 g/mol. The molecule has 1 aliphatic heterocycles. The quantitative estimate of drug-likeness (QED) is 0.508. The van der Waals surface area contributed by atoms with Crippen molar-refractivity contribution in [3.05, 3.63) is 60.4 Å². The molecule has 2 aromatic carbocycles. The zero-order valence-corrected chi connectivity index (χ0v) is 18.3. The van der Waals surface area contributed by atoms with Gasteiger partial charge in [0.25, 0.3) is 0 Å². The smallest absolute Gasteiger partial charge is 0.248 e. The predicted octanol–water partition coefficient (Wildman–Crippen LogP) is 4.64. The highest BCUT2D eigenvalue weighted by Gasteiger charge is 2.13. The first-order valence-electron chi connectivity index (χ1n) is 10.8. The van der Waals surface area contributed by atoms with Gasteiger partial charge in [0.15, 0.2) is 11.6 Å². The van der Waals surface area contributed by atoms with Crippen LogP contribution in [-0.4, -0.2) is 47.5 Å². The Balaban J connectivity index is 1.55. The lowest BCUT2D eigenvalue weighted by Gasteiger charge is -2.24. The van der Waals surface area contributed by atoms with E-state index in [0.717, 1.165) is 31.8 Å². The molecule has 0 atom stereocenters. The van der Waals surface area contributed by atoms with Crippen molar-refractivity contribution < 1.29 is 18.3 Å². The number of hydrogen-bond acceptors (Lipinski definition) is 6. The van der Waals surface area contributed by atoms with Crippen molar-refractivity contribution in [2.24, 2.45) is 0 Å². The van der Waals surface area contributed by atoms with E-state index in [2.05, 4.69) is 25.5 Å². The van der Waals surface area contributed by atoms with Crippen molar-refractivity contribution >= 4 is 34.0 Å². The molecular weight excluding hydrogens is 428 g/mol. The summed E-state index contributed by atoms with van der Waals surface area (Å²) in [7, 11) is 1.50. The number of anilines is 3. The molecule has 1 fully saturated rings. The first-order valence-corrected chi connectivity index (χ1v) is 10.8. The number of carbonyl (C=O) groups is 1. The van der Waals surface area contributed by atoms with Crippen LogP contribution < -0.4 is 15.4 Å². The summed E-state index contributed by atoms with van der Waals surface area (Å²) in [5, 5.41) is 6.39. The molecule has 9 heteroatoms. The van der Waals surface area contributed by atoms with Gasteiger partial charge in [-0.2, -0.15) is 0 Å². The highest BCUT2D eigenvalue weighted by Crippen LogP contribution is 2.33. The number of benzene rings is 2. The van der Waals surface area contributed by atoms with Crippen LogP contribution >= 0.6 is 0 Å². The largest absolute Gasteiger partial charge is 0.494 e. The van der Waals surface area contributed by atoms with Gasteiger partial charge in [-0.05, 0) is 44.1 Å². The van der Waals surface area contributed by atoms with Gasteiger partial charge in [-0.3, -0.25) is 9.69 Å². The van der Waals surface area contributed by atoms with Gasteiger partial charge in [0, 0.05) is 35.8 Å². The molecule has 1 aromatic heterocycles. The van der Waals surface area contributed by atoms with E-state index in [-0.39, 0.29) is 5.91 Å². The minimum atomic E-state index is -0.968. The van der Waals surface area contributed by atoms with Crippen LogP contribution in [0, 0.1) is 11.6 Å². The first-order chi connectivity index (χ1) is 16.0. The van der Waals surface area contributed by atoms with Gasteiger partial charge in [0.2, 0.25) is 5.91 Å². The van der Waals surface area contributed by atoms with Gasteiger partial charge in [-0.1, -0.05) is 12.5 Å². The standard InChI is InChI=1S/C24H25F2N5O2/c1-33-22-14-20-17(24(28-15-27-20)29-16-7-8-18(25)19(26)12-16)13-21(22)30-23(32)6-5-11-31-9-3-2-4-10-31/h5-8,12-15H,2-4,9-11H2,1H3,(H,30,32)(H,27,28,29). The van der Waals surface area contributed by atoms with E-state index in [4.69, 9.17) is 4.74 Å². The maximum Gasteiger partial charge on any atom is 0.248 e. The van der Waals surface area contributed by atoms with Crippen molar-refractivity contribution in [2.45, 2.75) is 19.3 Å². The number of nitrogens with one attached hydrogen (secondary N) is 2. The molecule has 172 valence electrons. The van der Waals surface area contributed by atoms with Gasteiger partial charge in [-0.15, -0.1) is 0 Å². The topological polar surface area (TPSA) is 79.4 Å². The molecule has 33 heavy (non-hydrogen) atoms. The third kappa shape index (κ3) is 5.61. The maximum atomic E-state index is 13.6. The summed E-state index contributed by atoms with van der Waals surface area (Å²) < 4.78 is 32.3. The Kier molecular flexibility index (Phi) is 7.09. The summed E-state index contributed by atoms with van der Waals surface area (Å²) >= 11 is 0. The van der Waals surface area contributed by atoms with Crippen LogP contribution in [0.5, 0.6) is 5.75 Å². The number of halogens is 2. The number of aromatic nitrogens is 2. The molecule has 3 aromatic rings. The summed E-state index contributed by atoms with van der Waals surface area (Å²) in [6.45, 7) is 2.84. The molecule has 7 nitrogen and oxygen atoms in total. The summed E-state index contributed by atoms with van der Waals surface area (Å²) in [6, 6.07) is 6.85. The molecule has 0 radical (unpaired) electrons. The summed E-state index contributed by atoms with van der Waals surface area (Å²) in [5.41, 5.74) is 1.34. The molecule has 0 bridgehead atoms. The fourth-order valence-electron chi connectivity index (χ4n) is 3.79. The number of nitrogens with zero attached hydrogens (tertiary/aromatic N) is 3. The van der Waals surface area contributed by atoms with Crippen molar-refractivity contribution in [3.8, 4) is 5.75 Å². The number of methoxy groups -OCH3 is 1. The second-order valence-electron chi connectivity index (χ2n) is 7.80. The van der Waals surface area contributed by atoms with Crippen molar-refractivity contribution in [2.75, 3.05) is 37.4 Å². The zero-order valence-electron chi connectivity index (χ0n) is 18.3. The Morgan fingerprint density at radius 1 is 1.12 bits per heavy atom. The summed E-state index contributed by atoms with van der Waals surface area (Å²) in [5.74, 6) is -1.36. The molecule has 0 spiro atoms. The van der Waals surface area contributed by atoms with E-state index < -0.39 is 11.6 Å². The van der Waals surface area contributed by atoms with Crippen LogP contribution in [0.1, 0.15) is 19.3 Å². The number of amides is 1. The Morgan fingerprint density at radius 2 is 1.94 bits per heavy atom.